The number of ether oxygens (including phenoxy) is 2. The molecule has 0 spiro atoms. The number of carbonyl (C=O) groups excluding carboxylic acids is 2. The molecule has 1 aromatic carbocycles. The Labute approximate surface area is 119 Å². The van der Waals surface area contributed by atoms with Crippen molar-refractivity contribution >= 4 is 11.9 Å². The van der Waals surface area contributed by atoms with Crippen LogP contribution in [0.2, 0.25) is 0 Å². The van der Waals surface area contributed by atoms with E-state index < -0.39 is 0 Å². The Morgan fingerprint density at radius 2 is 2.00 bits per heavy atom. The van der Waals surface area contributed by atoms with Gasteiger partial charge in [0.2, 0.25) is 0 Å². The molecule has 0 aliphatic rings. The molecule has 1 aromatic rings. The van der Waals surface area contributed by atoms with Gasteiger partial charge in [0.05, 0.1) is 7.11 Å². The maximum Gasteiger partial charge on any atom is 0.305 e. The smallest absolute Gasteiger partial charge is 0.305 e. The van der Waals surface area contributed by atoms with Crippen LogP contribution in [0, 0.1) is 13.8 Å². The number of esters is 1. The summed E-state index contributed by atoms with van der Waals surface area (Å²) in [5.41, 5.74) is 2.16. The highest BCUT2D eigenvalue weighted by Crippen LogP contribution is 2.18. The molecule has 0 bridgehead atoms. The molecule has 0 radical (unpaired) electrons. The van der Waals surface area contributed by atoms with E-state index in [0.717, 1.165) is 11.1 Å². The molecule has 0 heterocycles. The Hall–Kier alpha value is -2.04. The van der Waals surface area contributed by atoms with Gasteiger partial charge in [0.25, 0.3) is 5.91 Å². The van der Waals surface area contributed by atoms with Gasteiger partial charge in [-0.05, 0) is 31.9 Å². The lowest BCUT2D eigenvalue weighted by atomic mass is 10.1. The predicted octanol–water partition coefficient (Wildman–Crippen LogP) is 1.75. The molecular weight excluding hydrogens is 258 g/mol. The van der Waals surface area contributed by atoms with Crippen molar-refractivity contribution in [2.24, 2.45) is 0 Å². The monoisotopic (exact) mass is 279 g/mol. The van der Waals surface area contributed by atoms with Crippen LogP contribution < -0.4 is 10.1 Å². The van der Waals surface area contributed by atoms with Crippen molar-refractivity contribution in [1.82, 2.24) is 5.32 Å². The Bertz CT molecular complexity index is 471. The zero-order valence-electron chi connectivity index (χ0n) is 12.2. The van der Waals surface area contributed by atoms with Crippen molar-refractivity contribution in [3.8, 4) is 5.75 Å². The Morgan fingerprint density at radius 1 is 1.25 bits per heavy atom. The minimum Gasteiger partial charge on any atom is -0.484 e. The second kappa shape index (κ2) is 8.19. The van der Waals surface area contributed by atoms with Gasteiger partial charge in [-0.15, -0.1) is 0 Å². The molecule has 1 N–H and O–H groups in total. The lowest BCUT2D eigenvalue weighted by Crippen LogP contribution is -2.30. The van der Waals surface area contributed by atoms with Crippen LogP contribution in [0.1, 0.15) is 24.0 Å². The lowest BCUT2D eigenvalue weighted by Gasteiger charge is -2.10. The van der Waals surface area contributed by atoms with Gasteiger partial charge in [-0.1, -0.05) is 17.7 Å². The predicted molar refractivity (Wildman–Crippen MR) is 75.7 cm³/mol. The van der Waals surface area contributed by atoms with Crippen LogP contribution in [0.5, 0.6) is 5.75 Å². The Morgan fingerprint density at radius 3 is 2.65 bits per heavy atom. The first-order chi connectivity index (χ1) is 9.52. The van der Waals surface area contributed by atoms with Crippen LogP contribution in [0.25, 0.3) is 0 Å². The number of amides is 1. The average molecular weight is 279 g/mol. The summed E-state index contributed by atoms with van der Waals surface area (Å²) in [5, 5.41) is 2.69. The van der Waals surface area contributed by atoms with Gasteiger partial charge < -0.3 is 14.8 Å². The van der Waals surface area contributed by atoms with Crippen LogP contribution in [0.3, 0.4) is 0 Å². The SMILES string of the molecule is COC(=O)CCCNC(=O)COc1ccc(C)cc1C. The van der Waals surface area contributed by atoms with E-state index in [1.165, 1.54) is 7.11 Å². The molecule has 0 saturated heterocycles. The molecule has 0 aromatic heterocycles. The van der Waals surface area contributed by atoms with Gasteiger partial charge in [0.1, 0.15) is 5.75 Å². The van der Waals surface area contributed by atoms with Gasteiger partial charge in [0, 0.05) is 13.0 Å². The standard InChI is InChI=1S/C15H21NO4/c1-11-6-7-13(12(2)9-11)20-10-14(17)16-8-4-5-15(18)19-3/h6-7,9H,4-5,8,10H2,1-3H3,(H,16,17). The minimum atomic E-state index is -0.272. The number of hydrogen-bond acceptors (Lipinski definition) is 4. The molecule has 5 heteroatoms. The Kier molecular flexibility index (Phi) is 6.56. The number of carbonyl (C=O) groups is 2. The Balaban J connectivity index is 2.24. The summed E-state index contributed by atoms with van der Waals surface area (Å²) < 4.78 is 9.96. The summed E-state index contributed by atoms with van der Waals surface area (Å²) in [6.07, 6.45) is 0.858. The van der Waals surface area contributed by atoms with Crippen LogP contribution >= 0.6 is 0 Å². The number of nitrogens with one attached hydrogen (secondary N) is 1. The first-order valence-electron chi connectivity index (χ1n) is 6.56. The minimum absolute atomic E-state index is 0.0257. The molecule has 1 rings (SSSR count). The lowest BCUT2D eigenvalue weighted by molar-refractivity contribution is -0.140. The summed E-state index contributed by atoms with van der Waals surface area (Å²) in [6.45, 7) is 4.35. The number of aryl methyl sites for hydroxylation is 2. The second-order valence-electron chi connectivity index (χ2n) is 4.59. The number of hydrogen-bond donors (Lipinski definition) is 1. The van der Waals surface area contributed by atoms with Gasteiger partial charge in [-0.2, -0.15) is 0 Å². The molecule has 1 amide bonds. The third-order valence-corrected chi connectivity index (χ3v) is 2.80. The molecule has 5 nitrogen and oxygen atoms in total. The second-order valence-corrected chi connectivity index (χ2v) is 4.59. The van der Waals surface area contributed by atoms with E-state index in [-0.39, 0.29) is 18.5 Å². The van der Waals surface area contributed by atoms with Crippen molar-refractivity contribution in [2.45, 2.75) is 26.7 Å². The number of benzene rings is 1. The van der Waals surface area contributed by atoms with Crippen LogP contribution in [-0.4, -0.2) is 32.1 Å². The van der Waals surface area contributed by atoms with Crippen LogP contribution in [0.15, 0.2) is 18.2 Å². The fourth-order valence-electron chi connectivity index (χ4n) is 1.72. The fourth-order valence-corrected chi connectivity index (χ4v) is 1.72. The van der Waals surface area contributed by atoms with Crippen molar-refractivity contribution in [3.63, 3.8) is 0 Å². The molecular formula is C15H21NO4. The topological polar surface area (TPSA) is 64.6 Å². The highest BCUT2D eigenvalue weighted by Gasteiger charge is 2.05. The van der Waals surface area contributed by atoms with E-state index >= 15 is 0 Å². The van der Waals surface area contributed by atoms with Crippen molar-refractivity contribution < 1.29 is 19.1 Å². The fraction of sp³-hybridized carbons (Fsp3) is 0.467. The number of rotatable bonds is 7. The number of methoxy groups -OCH3 is 1. The normalized spacial score (nSPS) is 9.95. The molecule has 0 unspecified atom stereocenters. The average Bonchev–Trinajstić information content (AvgIpc) is 2.42. The summed E-state index contributed by atoms with van der Waals surface area (Å²) in [7, 11) is 1.35. The maximum atomic E-state index is 11.6. The van der Waals surface area contributed by atoms with E-state index in [2.05, 4.69) is 10.1 Å². The van der Waals surface area contributed by atoms with Crippen molar-refractivity contribution in [3.05, 3.63) is 29.3 Å². The first kappa shape index (κ1) is 16.0. The highest BCUT2D eigenvalue weighted by molar-refractivity contribution is 5.77. The van der Waals surface area contributed by atoms with Crippen LogP contribution in [-0.2, 0) is 14.3 Å². The summed E-state index contributed by atoms with van der Waals surface area (Å²) in [5.74, 6) is 0.237. The van der Waals surface area contributed by atoms with Gasteiger partial charge in [-0.25, -0.2) is 0 Å². The zero-order chi connectivity index (χ0) is 15.0. The third kappa shape index (κ3) is 5.73. The molecule has 0 fully saturated rings. The molecule has 20 heavy (non-hydrogen) atoms. The molecule has 0 atom stereocenters. The van der Waals surface area contributed by atoms with E-state index in [0.29, 0.717) is 25.1 Å². The molecule has 0 aliphatic carbocycles. The van der Waals surface area contributed by atoms with E-state index in [1.54, 1.807) is 0 Å². The first-order valence-corrected chi connectivity index (χ1v) is 6.56. The van der Waals surface area contributed by atoms with Crippen molar-refractivity contribution in [2.75, 3.05) is 20.3 Å². The summed E-state index contributed by atoms with van der Waals surface area (Å²) in [6, 6.07) is 5.80. The summed E-state index contributed by atoms with van der Waals surface area (Å²) in [4.78, 5) is 22.4. The molecule has 110 valence electrons. The molecule has 0 aliphatic heterocycles. The maximum absolute atomic E-state index is 11.6. The largest absolute Gasteiger partial charge is 0.484 e. The van der Waals surface area contributed by atoms with Crippen LogP contribution in [0.4, 0.5) is 0 Å². The molecule has 0 saturated carbocycles. The van der Waals surface area contributed by atoms with Gasteiger partial charge in [-0.3, -0.25) is 9.59 Å². The quantitative estimate of drug-likeness (QED) is 0.610. The van der Waals surface area contributed by atoms with Crippen molar-refractivity contribution in [1.29, 1.82) is 0 Å². The highest BCUT2D eigenvalue weighted by atomic mass is 16.5. The van der Waals surface area contributed by atoms with E-state index in [4.69, 9.17) is 4.74 Å². The van der Waals surface area contributed by atoms with Gasteiger partial charge in [0.15, 0.2) is 6.61 Å². The zero-order valence-corrected chi connectivity index (χ0v) is 12.2. The third-order valence-electron chi connectivity index (χ3n) is 2.80. The van der Waals surface area contributed by atoms with E-state index in [9.17, 15) is 9.59 Å². The summed E-state index contributed by atoms with van der Waals surface area (Å²) >= 11 is 0. The van der Waals surface area contributed by atoms with Gasteiger partial charge >= 0.3 is 5.97 Å². The van der Waals surface area contributed by atoms with E-state index in [1.807, 2.05) is 32.0 Å².